The minimum Gasteiger partial charge on any atom is -0.261 e. The zero-order valence-electron chi connectivity index (χ0n) is 6.67. The number of hydrogen-bond acceptors (Lipinski definition) is 2. The van der Waals surface area contributed by atoms with Gasteiger partial charge in [-0.05, 0) is 12.8 Å². The molecule has 0 bridgehead atoms. The maximum atomic E-state index is 12.1. The molecule has 1 aromatic rings. The summed E-state index contributed by atoms with van der Waals surface area (Å²) >= 11 is 0. The highest BCUT2D eigenvalue weighted by molar-refractivity contribution is 5.14. The lowest BCUT2D eigenvalue weighted by atomic mass is 10.3. The van der Waals surface area contributed by atoms with Crippen molar-refractivity contribution in [2.75, 3.05) is 0 Å². The Kier molecular flexibility index (Phi) is 1.75. The van der Waals surface area contributed by atoms with Gasteiger partial charge in [-0.2, -0.15) is 13.2 Å². The molecule has 0 aromatic carbocycles. The first-order chi connectivity index (χ1) is 6.07. The number of aromatic nitrogens is 2. The summed E-state index contributed by atoms with van der Waals surface area (Å²) in [5, 5.41) is 0. The van der Waals surface area contributed by atoms with E-state index < -0.39 is 11.9 Å². The van der Waals surface area contributed by atoms with Gasteiger partial charge in [0.05, 0.1) is 11.9 Å². The Morgan fingerprint density at radius 2 is 1.92 bits per heavy atom. The maximum Gasteiger partial charge on any atom is 0.434 e. The molecule has 0 saturated heterocycles. The number of rotatable bonds is 1. The SMILES string of the molecule is FC(F)(F)c1cncc(C2CC2)n1. The normalized spacial score (nSPS) is 17.5. The minimum absolute atomic E-state index is 0.204. The van der Waals surface area contributed by atoms with Crippen LogP contribution in [0.1, 0.15) is 30.1 Å². The van der Waals surface area contributed by atoms with Crippen LogP contribution in [0.3, 0.4) is 0 Å². The summed E-state index contributed by atoms with van der Waals surface area (Å²) in [6.07, 6.45) is -0.358. The average Bonchev–Trinajstić information content (AvgIpc) is 2.85. The number of nitrogens with zero attached hydrogens (tertiary/aromatic N) is 2. The van der Waals surface area contributed by atoms with E-state index in [1.54, 1.807) is 0 Å². The first-order valence-corrected chi connectivity index (χ1v) is 3.96. The second-order valence-electron chi connectivity index (χ2n) is 3.10. The van der Waals surface area contributed by atoms with Crippen LogP contribution < -0.4 is 0 Å². The number of halogens is 3. The van der Waals surface area contributed by atoms with Crippen molar-refractivity contribution in [3.63, 3.8) is 0 Å². The van der Waals surface area contributed by atoms with Crippen LogP contribution in [0.2, 0.25) is 0 Å². The molecule has 0 N–H and O–H groups in total. The summed E-state index contributed by atoms with van der Waals surface area (Å²) in [6.45, 7) is 0. The molecule has 0 spiro atoms. The molecule has 0 radical (unpaired) electrons. The van der Waals surface area contributed by atoms with E-state index in [9.17, 15) is 13.2 Å². The lowest BCUT2D eigenvalue weighted by molar-refractivity contribution is -0.141. The molecule has 70 valence electrons. The van der Waals surface area contributed by atoms with Crippen molar-refractivity contribution in [1.29, 1.82) is 0 Å². The van der Waals surface area contributed by atoms with Crippen molar-refractivity contribution in [1.82, 2.24) is 9.97 Å². The van der Waals surface area contributed by atoms with E-state index in [2.05, 4.69) is 9.97 Å². The molecule has 1 saturated carbocycles. The van der Waals surface area contributed by atoms with Crippen LogP contribution in [0.5, 0.6) is 0 Å². The Bertz CT molecular complexity index is 317. The quantitative estimate of drug-likeness (QED) is 0.676. The van der Waals surface area contributed by atoms with Gasteiger partial charge in [-0.3, -0.25) is 4.98 Å². The first kappa shape index (κ1) is 8.47. The highest BCUT2D eigenvalue weighted by Crippen LogP contribution is 2.39. The van der Waals surface area contributed by atoms with Gasteiger partial charge in [-0.15, -0.1) is 0 Å². The molecule has 0 aliphatic heterocycles. The van der Waals surface area contributed by atoms with E-state index >= 15 is 0 Å². The second kappa shape index (κ2) is 2.68. The van der Waals surface area contributed by atoms with Gasteiger partial charge in [0.25, 0.3) is 0 Å². The third-order valence-electron chi connectivity index (χ3n) is 1.94. The Morgan fingerprint density at radius 1 is 1.23 bits per heavy atom. The van der Waals surface area contributed by atoms with Gasteiger partial charge in [0, 0.05) is 12.1 Å². The van der Waals surface area contributed by atoms with E-state index in [1.807, 2.05) is 0 Å². The lowest BCUT2D eigenvalue weighted by Crippen LogP contribution is -2.09. The van der Waals surface area contributed by atoms with E-state index in [1.165, 1.54) is 6.20 Å². The Morgan fingerprint density at radius 3 is 2.46 bits per heavy atom. The smallest absolute Gasteiger partial charge is 0.261 e. The third-order valence-corrected chi connectivity index (χ3v) is 1.94. The molecular formula is C8H7F3N2. The van der Waals surface area contributed by atoms with Crippen molar-refractivity contribution in [2.45, 2.75) is 24.9 Å². The third kappa shape index (κ3) is 1.79. The van der Waals surface area contributed by atoms with Crippen molar-refractivity contribution in [3.8, 4) is 0 Å². The molecule has 2 rings (SSSR count). The van der Waals surface area contributed by atoms with Crippen LogP contribution in [-0.2, 0) is 6.18 Å². The number of hydrogen-bond donors (Lipinski definition) is 0. The predicted molar refractivity (Wildman–Crippen MR) is 39.0 cm³/mol. The maximum absolute atomic E-state index is 12.1. The van der Waals surface area contributed by atoms with Crippen LogP contribution in [0.15, 0.2) is 12.4 Å². The van der Waals surface area contributed by atoms with Crippen LogP contribution >= 0.6 is 0 Å². The van der Waals surface area contributed by atoms with Crippen molar-refractivity contribution < 1.29 is 13.2 Å². The van der Waals surface area contributed by atoms with E-state index in [4.69, 9.17) is 0 Å². The second-order valence-corrected chi connectivity index (χ2v) is 3.10. The lowest BCUT2D eigenvalue weighted by Gasteiger charge is -2.05. The van der Waals surface area contributed by atoms with E-state index in [0.29, 0.717) is 5.69 Å². The fraction of sp³-hybridized carbons (Fsp3) is 0.500. The van der Waals surface area contributed by atoms with Gasteiger partial charge in [0.15, 0.2) is 5.69 Å². The van der Waals surface area contributed by atoms with Crippen LogP contribution in [0.4, 0.5) is 13.2 Å². The zero-order valence-corrected chi connectivity index (χ0v) is 6.67. The summed E-state index contributed by atoms with van der Waals surface area (Å²) in [5.41, 5.74) is -0.424. The topological polar surface area (TPSA) is 25.8 Å². The van der Waals surface area contributed by atoms with Crippen molar-refractivity contribution in [3.05, 3.63) is 23.8 Å². The van der Waals surface area contributed by atoms with Crippen LogP contribution in [-0.4, -0.2) is 9.97 Å². The molecule has 1 heterocycles. The first-order valence-electron chi connectivity index (χ1n) is 3.96. The molecule has 0 amide bonds. The zero-order chi connectivity index (χ0) is 9.47. The molecule has 5 heteroatoms. The number of alkyl halides is 3. The summed E-state index contributed by atoms with van der Waals surface area (Å²) in [5.74, 6) is 0.204. The standard InChI is InChI=1S/C8H7F3N2/c9-8(10,11)7-4-12-3-6(13-7)5-1-2-5/h3-5H,1-2H2. The van der Waals surface area contributed by atoms with Gasteiger partial charge in [0.1, 0.15) is 0 Å². The molecule has 2 nitrogen and oxygen atoms in total. The molecule has 1 aliphatic carbocycles. The summed E-state index contributed by atoms with van der Waals surface area (Å²) in [4.78, 5) is 7.05. The largest absolute Gasteiger partial charge is 0.434 e. The fourth-order valence-corrected chi connectivity index (χ4v) is 1.09. The van der Waals surface area contributed by atoms with Crippen LogP contribution in [0, 0.1) is 0 Å². The molecule has 1 aliphatic rings. The van der Waals surface area contributed by atoms with Gasteiger partial charge in [0.2, 0.25) is 0 Å². The van der Waals surface area contributed by atoms with Gasteiger partial charge >= 0.3 is 6.18 Å². The van der Waals surface area contributed by atoms with Crippen molar-refractivity contribution >= 4 is 0 Å². The van der Waals surface area contributed by atoms with Gasteiger partial charge < -0.3 is 0 Å². The van der Waals surface area contributed by atoms with E-state index in [0.717, 1.165) is 19.0 Å². The average molecular weight is 188 g/mol. The molecule has 13 heavy (non-hydrogen) atoms. The molecular weight excluding hydrogens is 181 g/mol. The fourth-order valence-electron chi connectivity index (χ4n) is 1.09. The van der Waals surface area contributed by atoms with E-state index in [-0.39, 0.29) is 5.92 Å². The monoisotopic (exact) mass is 188 g/mol. The molecule has 0 atom stereocenters. The van der Waals surface area contributed by atoms with Gasteiger partial charge in [-0.25, -0.2) is 4.98 Å². The summed E-state index contributed by atoms with van der Waals surface area (Å²) in [6, 6.07) is 0. The Hall–Kier alpha value is -1.13. The van der Waals surface area contributed by atoms with Gasteiger partial charge in [-0.1, -0.05) is 0 Å². The summed E-state index contributed by atoms with van der Waals surface area (Å²) < 4.78 is 36.4. The highest BCUT2D eigenvalue weighted by atomic mass is 19.4. The predicted octanol–water partition coefficient (Wildman–Crippen LogP) is 2.37. The summed E-state index contributed by atoms with van der Waals surface area (Å²) in [7, 11) is 0. The molecule has 1 aromatic heterocycles. The molecule has 1 fully saturated rings. The Labute approximate surface area is 72.8 Å². The minimum atomic E-state index is -4.38. The Balaban J connectivity index is 2.32. The van der Waals surface area contributed by atoms with Crippen LogP contribution in [0.25, 0.3) is 0 Å². The molecule has 0 unspecified atom stereocenters. The highest BCUT2D eigenvalue weighted by Gasteiger charge is 2.34. The van der Waals surface area contributed by atoms with Crippen molar-refractivity contribution in [2.24, 2.45) is 0 Å².